The predicted molar refractivity (Wildman–Crippen MR) is 467 cm³/mol. The van der Waals surface area contributed by atoms with E-state index in [-0.39, 0.29) is 86.7 Å². The lowest BCUT2D eigenvalue weighted by Crippen LogP contribution is -2.61. The van der Waals surface area contributed by atoms with Gasteiger partial charge in [0.05, 0.1) is 42.9 Å². The van der Waals surface area contributed by atoms with Crippen LogP contribution in [-0.4, -0.2) is 94.8 Å². The quantitative estimate of drug-likeness (QED) is 0.0194. The lowest BCUT2D eigenvalue weighted by atomic mass is 9.46. The SMILES string of the molecule is CCC(C)(C)C(=O)OC(C)(C)C12CC3CC(CC(C3)C1)C2.CCC(C)(C)C(=O)OC12CC3CC(C1)CC(C(=O)OC(CS(=O)(=O)[O-])C(F)(F)F)(C3)C2.CCC(C)(C)C(=O)Oc1ccc(O)c(C)c1C.CCC(C)c1ccc(OC(C)(C)CC)cc1.CCC1OC(=O)C(OC(=O)C(C)(C)CC)=C1C.c1ccc([S+]2c3ccccc3Oc3ccccc32)cc1. The van der Waals surface area contributed by atoms with Gasteiger partial charge in [0.25, 0.3) is 0 Å². The van der Waals surface area contributed by atoms with Crippen LogP contribution < -0.4 is 14.2 Å². The molecule has 674 valence electrons. The van der Waals surface area contributed by atoms with Crippen LogP contribution in [0, 0.1) is 75.9 Å². The molecule has 5 aromatic carbocycles. The van der Waals surface area contributed by atoms with Gasteiger partial charge in [-0.1, -0.05) is 110 Å². The summed E-state index contributed by atoms with van der Waals surface area (Å²) in [5.41, 5.74) is -0.888. The number of hydrogen-bond acceptors (Lipinski definition) is 18. The maximum absolute atomic E-state index is 13.3. The molecule has 5 unspecified atom stereocenters. The average Bonchev–Trinajstić information content (AvgIpc) is 0.756. The molecule has 15 rings (SSSR count). The Hall–Kier alpha value is -7.89. The molecular weight excluding hydrogens is 1600 g/mol. The molecule has 0 radical (unpaired) electrons. The number of hydrogen-bond donors (Lipinski definition) is 1. The third kappa shape index (κ3) is 24.4. The molecule has 2 heterocycles. The van der Waals surface area contributed by atoms with Gasteiger partial charge < -0.3 is 47.6 Å². The van der Waals surface area contributed by atoms with Crippen molar-refractivity contribution in [1.82, 2.24) is 0 Å². The van der Waals surface area contributed by atoms with E-state index in [0.29, 0.717) is 62.2 Å². The van der Waals surface area contributed by atoms with Crippen molar-refractivity contribution in [2.75, 3.05) is 5.75 Å². The van der Waals surface area contributed by atoms with Crippen molar-refractivity contribution >= 4 is 56.8 Å². The largest absolute Gasteiger partial charge is 0.748 e. The van der Waals surface area contributed by atoms with Gasteiger partial charge in [0.2, 0.25) is 21.7 Å². The lowest BCUT2D eigenvalue weighted by molar-refractivity contribution is -0.239. The van der Waals surface area contributed by atoms with Crippen LogP contribution in [0.2, 0.25) is 0 Å². The first-order valence-corrected chi connectivity index (χ1v) is 46.8. The molecule has 0 amide bonds. The second kappa shape index (κ2) is 39.8. The Bertz CT molecular complexity index is 4520. The van der Waals surface area contributed by atoms with E-state index in [1.165, 1.54) is 65.2 Å². The number of para-hydroxylation sites is 2. The van der Waals surface area contributed by atoms with Crippen LogP contribution in [0.1, 0.15) is 290 Å². The van der Waals surface area contributed by atoms with Crippen LogP contribution in [0.5, 0.6) is 28.7 Å². The van der Waals surface area contributed by atoms with Crippen LogP contribution in [0.15, 0.2) is 141 Å². The molecule has 2 aliphatic heterocycles. The number of benzene rings is 5. The number of halogens is 3. The van der Waals surface area contributed by atoms with E-state index in [1.807, 2.05) is 86.6 Å². The molecule has 8 saturated carbocycles. The van der Waals surface area contributed by atoms with Gasteiger partial charge in [-0.25, -0.2) is 13.2 Å². The Morgan fingerprint density at radius 2 is 1.04 bits per heavy atom. The summed E-state index contributed by atoms with van der Waals surface area (Å²) in [6.45, 7) is 45.1. The third-order valence-electron chi connectivity index (χ3n) is 27.5. The third-order valence-corrected chi connectivity index (χ3v) is 30.5. The van der Waals surface area contributed by atoms with E-state index in [0.717, 1.165) is 71.8 Å². The van der Waals surface area contributed by atoms with Crippen molar-refractivity contribution in [2.45, 2.75) is 337 Å². The maximum atomic E-state index is 13.3. The first kappa shape index (κ1) is 99.5. The molecule has 122 heavy (non-hydrogen) atoms. The normalized spacial score (nSPS) is 23.6. The zero-order valence-electron chi connectivity index (χ0n) is 76.6. The second-order valence-corrected chi connectivity index (χ2v) is 42.6. The van der Waals surface area contributed by atoms with E-state index >= 15 is 0 Å². The Morgan fingerprint density at radius 1 is 0.574 bits per heavy atom. The minimum Gasteiger partial charge on any atom is -0.748 e. The summed E-state index contributed by atoms with van der Waals surface area (Å²) in [6, 6.07) is 39.0. The molecular formula is C99H137F3O18S2. The van der Waals surface area contributed by atoms with Crippen LogP contribution in [0.4, 0.5) is 13.2 Å². The Morgan fingerprint density at radius 3 is 1.50 bits per heavy atom. The zero-order valence-corrected chi connectivity index (χ0v) is 78.2. The Balaban J connectivity index is 0.000000185. The fourth-order valence-corrected chi connectivity index (χ4v) is 20.7. The first-order valence-electron chi connectivity index (χ1n) is 44.0. The summed E-state index contributed by atoms with van der Waals surface area (Å²) in [5.74, 6) is 2.44. The number of esters is 6. The Labute approximate surface area is 727 Å². The number of ether oxygens (including phenoxy) is 8. The van der Waals surface area contributed by atoms with Gasteiger partial charge in [0.1, 0.15) is 51.1 Å². The number of carbonyl (C=O) groups excluding carboxylic acids is 6. The van der Waals surface area contributed by atoms with E-state index < -0.39 is 73.3 Å². The molecule has 0 saturated heterocycles. The summed E-state index contributed by atoms with van der Waals surface area (Å²) in [7, 11) is -5.35. The van der Waals surface area contributed by atoms with Crippen LogP contribution >= 0.6 is 0 Å². The van der Waals surface area contributed by atoms with Crippen molar-refractivity contribution in [3.05, 3.63) is 143 Å². The van der Waals surface area contributed by atoms with Crippen molar-refractivity contribution in [3.8, 4) is 28.7 Å². The second-order valence-electron chi connectivity index (χ2n) is 39.2. The van der Waals surface area contributed by atoms with Crippen molar-refractivity contribution in [1.29, 1.82) is 0 Å². The van der Waals surface area contributed by atoms with Crippen LogP contribution in [-0.2, 0) is 73.5 Å². The smallest absolute Gasteiger partial charge is 0.426 e. The molecule has 10 aliphatic rings. The van der Waals surface area contributed by atoms with Gasteiger partial charge in [0, 0.05) is 17.4 Å². The molecule has 23 heteroatoms. The molecule has 5 aromatic rings. The number of fused-ring (bicyclic) bond motifs is 2. The number of rotatable bonds is 24. The topological polar surface area (TPSA) is 254 Å². The standard InChI is InChI=1S/C20H29F3O7S.C19H32O2.C18H13OS.C15H24O.C14H20O3.C13H20O4/c1-4-17(2,3)15(24)30-19-8-12-5-13(9-19)7-18(6-12,11-19)16(25)29-14(20(21,22)23)10-31(26,27)28;1-6-17(2,3)16(20)21-18(4,5)19-10-13-7-14(11-19)9-15(8-13)12-19;1-2-8-14(9-3-1)20-17-12-6-4-10-15(17)19-16-11-5-7-13-18(16)20;1-6-12(3)13-8-10-14(11-9-13)16-15(4,5)7-2;1-6-14(4,5)13(16)17-12-8-7-11(15)9(2)10(12)3;1-6-9-8(3)10(11(14)16-9)17-12(15)13(4,5)7-2/h12-14H,4-11H2,1-3H3,(H,26,27,28);13-15H,6-12H2,1-5H3;1-13H;8-12H,6-7H2,1-5H3;7-8,15H,6H2,1-5H3;9H,6-7H2,1-5H3/q;;+1;;;/p-1. The molecule has 8 fully saturated rings. The summed E-state index contributed by atoms with van der Waals surface area (Å²) in [6.07, 6.45) is 7.86. The molecule has 1 N–H and O–H groups in total. The van der Waals surface area contributed by atoms with E-state index in [4.69, 9.17) is 33.2 Å². The number of phenols is 1. The Kier molecular flexibility index (Phi) is 32.4. The number of phenolic OH excluding ortho intramolecular Hbond substituents is 1. The van der Waals surface area contributed by atoms with Gasteiger partial charge >= 0.3 is 42.0 Å². The maximum Gasteiger partial charge on any atom is 0.426 e. The highest BCUT2D eigenvalue weighted by atomic mass is 32.2. The minimum atomic E-state index is -5.27. The number of cyclic esters (lactones) is 1. The van der Waals surface area contributed by atoms with Gasteiger partial charge in [-0.05, 0) is 332 Å². The highest BCUT2D eigenvalue weighted by Gasteiger charge is 2.65. The molecule has 8 aliphatic carbocycles. The highest BCUT2D eigenvalue weighted by molar-refractivity contribution is 7.97. The summed E-state index contributed by atoms with van der Waals surface area (Å²) in [5, 5.41) is 9.52. The van der Waals surface area contributed by atoms with Gasteiger partial charge in [-0.3, -0.25) is 24.0 Å². The minimum absolute atomic E-state index is 0.00100. The van der Waals surface area contributed by atoms with E-state index in [9.17, 15) is 60.0 Å². The van der Waals surface area contributed by atoms with E-state index in [2.05, 4.69) is 139 Å². The summed E-state index contributed by atoms with van der Waals surface area (Å²) >= 11 is 0. The molecule has 0 aromatic heterocycles. The van der Waals surface area contributed by atoms with Crippen molar-refractivity contribution in [2.24, 2.45) is 62.1 Å². The molecule has 0 spiro atoms. The number of aromatic hydroxyl groups is 1. The summed E-state index contributed by atoms with van der Waals surface area (Å²) < 4.78 is 117. The highest BCUT2D eigenvalue weighted by Crippen LogP contribution is 2.66. The summed E-state index contributed by atoms with van der Waals surface area (Å²) in [4.78, 5) is 77.5. The predicted octanol–water partition coefficient (Wildman–Crippen LogP) is 23.9. The van der Waals surface area contributed by atoms with Gasteiger partial charge in [-0.2, -0.15) is 13.2 Å². The molecule has 8 bridgehead atoms. The van der Waals surface area contributed by atoms with E-state index in [1.54, 1.807) is 53.7 Å². The lowest BCUT2D eigenvalue weighted by Gasteiger charge is -2.61. The fraction of sp³-hybridized carbons (Fsp3) is 0.616. The zero-order chi connectivity index (χ0) is 90.9. The fourth-order valence-electron chi connectivity index (χ4n) is 17.8. The van der Waals surface area contributed by atoms with Crippen molar-refractivity contribution < 1.29 is 97.9 Å². The van der Waals surface area contributed by atoms with Crippen LogP contribution in [0.3, 0.4) is 0 Å². The monoisotopic (exact) mass is 1730 g/mol. The number of carbonyl (C=O) groups is 6. The molecule has 5 atom stereocenters. The molecule has 18 nitrogen and oxygen atoms in total. The van der Waals surface area contributed by atoms with Crippen molar-refractivity contribution in [3.63, 3.8) is 0 Å². The van der Waals surface area contributed by atoms with Gasteiger partial charge in [-0.15, -0.1) is 0 Å². The average molecular weight is 1740 g/mol. The number of alkyl halides is 3. The van der Waals surface area contributed by atoms with Crippen LogP contribution in [0.25, 0.3) is 0 Å². The van der Waals surface area contributed by atoms with Gasteiger partial charge in [0.15, 0.2) is 16.4 Å². The first-order chi connectivity index (χ1) is 56.7.